The first-order valence-electron chi connectivity index (χ1n) is 5.36. The van der Waals surface area contributed by atoms with E-state index in [1.54, 1.807) is 12.1 Å². The van der Waals surface area contributed by atoms with Crippen LogP contribution in [0.3, 0.4) is 0 Å². The Kier molecular flexibility index (Phi) is 3.65. The molecule has 1 atom stereocenters. The third-order valence-electron chi connectivity index (χ3n) is 2.87. The first-order valence-corrected chi connectivity index (χ1v) is 6.16. The van der Waals surface area contributed by atoms with Gasteiger partial charge in [0, 0.05) is 17.4 Å². The van der Waals surface area contributed by atoms with Gasteiger partial charge in [0.15, 0.2) is 0 Å². The number of carbonyl (C=O) groups excluding carboxylic acids is 2. The van der Waals surface area contributed by atoms with E-state index in [0.29, 0.717) is 4.47 Å². The molecule has 0 saturated carbocycles. The molecule has 2 rings (SSSR count). The average molecular weight is 316 g/mol. The summed E-state index contributed by atoms with van der Waals surface area (Å²) in [6.07, 6.45) is 0.0491. The van der Waals surface area contributed by atoms with Crippen LogP contribution in [0.5, 0.6) is 0 Å². The van der Waals surface area contributed by atoms with Gasteiger partial charge in [0.25, 0.3) is 0 Å². The highest BCUT2D eigenvalue weighted by Gasteiger charge is 2.37. The summed E-state index contributed by atoms with van der Waals surface area (Å²) in [6, 6.07) is 4.47. The van der Waals surface area contributed by atoms with Gasteiger partial charge in [0.05, 0.1) is 18.7 Å². The molecule has 0 aromatic heterocycles. The number of esters is 1. The number of rotatable bonds is 2. The van der Waals surface area contributed by atoms with Crippen molar-refractivity contribution < 1.29 is 18.7 Å². The van der Waals surface area contributed by atoms with Gasteiger partial charge in [-0.1, -0.05) is 6.07 Å². The molecule has 1 heterocycles. The summed E-state index contributed by atoms with van der Waals surface area (Å²) >= 11 is 3.21. The third-order valence-corrected chi connectivity index (χ3v) is 3.51. The summed E-state index contributed by atoms with van der Waals surface area (Å²) < 4.78 is 18.8. The van der Waals surface area contributed by atoms with E-state index in [4.69, 9.17) is 0 Å². The Labute approximate surface area is 112 Å². The highest BCUT2D eigenvalue weighted by atomic mass is 79.9. The lowest BCUT2D eigenvalue weighted by molar-refractivity contribution is -0.145. The number of amides is 1. The summed E-state index contributed by atoms with van der Waals surface area (Å²) in [5, 5.41) is 0. The Morgan fingerprint density at radius 3 is 2.89 bits per heavy atom. The van der Waals surface area contributed by atoms with Crippen molar-refractivity contribution in [1.29, 1.82) is 0 Å². The number of halogens is 2. The molecule has 1 aliphatic heterocycles. The van der Waals surface area contributed by atoms with Gasteiger partial charge < -0.3 is 9.64 Å². The number of ether oxygens (including phenoxy) is 1. The van der Waals surface area contributed by atoms with Crippen LogP contribution in [0.15, 0.2) is 22.7 Å². The first kappa shape index (κ1) is 13.0. The molecule has 6 heteroatoms. The van der Waals surface area contributed by atoms with Gasteiger partial charge in [-0.3, -0.25) is 9.59 Å². The molecule has 1 fully saturated rings. The number of anilines is 1. The van der Waals surface area contributed by atoms with Crippen LogP contribution in [-0.2, 0) is 14.3 Å². The molecule has 0 radical (unpaired) electrons. The van der Waals surface area contributed by atoms with Crippen molar-refractivity contribution in [3.05, 3.63) is 28.5 Å². The van der Waals surface area contributed by atoms with Gasteiger partial charge in [-0.05, 0) is 28.1 Å². The molecule has 4 nitrogen and oxygen atoms in total. The second kappa shape index (κ2) is 5.06. The van der Waals surface area contributed by atoms with Gasteiger partial charge in [-0.15, -0.1) is 0 Å². The maximum Gasteiger partial charge on any atom is 0.311 e. The lowest BCUT2D eigenvalue weighted by Gasteiger charge is -2.18. The molecule has 1 aromatic rings. The van der Waals surface area contributed by atoms with Crippen LogP contribution in [0.2, 0.25) is 0 Å². The molecule has 96 valence electrons. The number of nitrogens with zero attached hydrogens (tertiary/aromatic N) is 1. The minimum absolute atomic E-state index is 0.0491. The smallest absolute Gasteiger partial charge is 0.311 e. The topological polar surface area (TPSA) is 46.6 Å². The zero-order chi connectivity index (χ0) is 13.3. The number of para-hydroxylation sites is 1. The minimum Gasteiger partial charge on any atom is -0.469 e. The van der Waals surface area contributed by atoms with Crippen molar-refractivity contribution in [3.63, 3.8) is 0 Å². The van der Waals surface area contributed by atoms with Crippen molar-refractivity contribution in [2.45, 2.75) is 6.42 Å². The summed E-state index contributed by atoms with van der Waals surface area (Å²) in [7, 11) is 1.27. The van der Waals surface area contributed by atoms with Crippen molar-refractivity contribution in [3.8, 4) is 0 Å². The van der Waals surface area contributed by atoms with Gasteiger partial charge in [0.1, 0.15) is 5.82 Å². The standard InChI is InChI=1S/C12H11BrFNO3/c1-18-12(17)7-5-10(16)15(6-7)11-8(13)3-2-4-9(11)14/h2-4,7H,5-6H2,1H3. The fourth-order valence-electron chi connectivity index (χ4n) is 2.00. The van der Waals surface area contributed by atoms with Gasteiger partial charge >= 0.3 is 5.97 Å². The minimum atomic E-state index is -0.533. The third kappa shape index (κ3) is 2.25. The van der Waals surface area contributed by atoms with Gasteiger partial charge in [-0.2, -0.15) is 0 Å². The molecule has 1 amide bonds. The Bertz CT molecular complexity index is 486. The number of hydrogen-bond acceptors (Lipinski definition) is 3. The largest absolute Gasteiger partial charge is 0.469 e. The summed E-state index contributed by atoms with van der Waals surface area (Å²) in [5.41, 5.74) is 0.175. The number of benzene rings is 1. The zero-order valence-electron chi connectivity index (χ0n) is 9.65. The van der Waals surface area contributed by atoms with E-state index in [-0.39, 0.29) is 24.6 Å². The Balaban J connectivity index is 2.30. The molecule has 0 aliphatic carbocycles. The van der Waals surface area contributed by atoms with Crippen molar-refractivity contribution >= 4 is 33.5 Å². The SMILES string of the molecule is COC(=O)C1CC(=O)N(c2c(F)cccc2Br)C1. The van der Waals surface area contributed by atoms with E-state index >= 15 is 0 Å². The highest BCUT2D eigenvalue weighted by Crippen LogP contribution is 2.33. The Morgan fingerprint density at radius 2 is 2.28 bits per heavy atom. The maximum absolute atomic E-state index is 13.7. The van der Waals surface area contributed by atoms with E-state index in [1.807, 2.05) is 0 Å². The van der Waals surface area contributed by atoms with E-state index < -0.39 is 17.7 Å². The number of hydrogen-bond donors (Lipinski definition) is 0. The molecule has 0 bridgehead atoms. The molecule has 0 N–H and O–H groups in total. The van der Waals surface area contributed by atoms with Crippen molar-refractivity contribution in [2.75, 3.05) is 18.6 Å². The lowest BCUT2D eigenvalue weighted by atomic mass is 10.1. The predicted molar refractivity (Wildman–Crippen MR) is 66.6 cm³/mol. The molecule has 1 aliphatic rings. The van der Waals surface area contributed by atoms with Crippen LogP contribution in [0.25, 0.3) is 0 Å². The summed E-state index contributed by atoms with van der Waals surface area (Å²) in [4.78, 5) is 24.5. The monoisotopic (exact) mass is 315 g/mol. The number of carbonyl (C=O) groups is 2. The van der Waals surface area contributed by atoms with Gasteiger partial charge in [0.2, 0.25) is 5.91 Å². The van der Waals surface area contributed by atoms with Crippen LogP contribution in [0, 0.1) is 11.7 Å². The van der Waals surface area contributed by atoms with Gasteiger partial charge in [-0.25, -0.2) is 4.39 Å². The second-order valence-corrected chi connectivity index (χ2v) is 4.85. The lowest BCUT2D eigenvalue weighted by Crippen LogP contribution is -2.27. The van der Waals surface area contributed by atoms with Crippen LogP contribution in [0.1, 0.15) is 6.42 Å². The molecule has 18 heavy (non-hydrogen) atoms. The van der Waals surface area contributed by atoms with Crippen LogP contribution in [-0.4, -0.2) is 25.5 Å². The fraction of sp³-hybridized carbons (Fsp3) is 0.333. The quantitative estimate of drug-likeness (QED) is 0.785. The first-order chi connectivity index (χ1) is 8.54. The Morgan fingerprint density at radius 1 is 1.56 bits per heavy atom. The van der Waals surface area contributed by atoms with E-state index in [9.17, 15) is 14.0 Å². The Hall–Kier alpha value is -1.43. The fourth-order valence-corrected chi connectivity index (χ4v) is 2.55. The average Bonchev–Trinajstić information content (AvgIpc) is 2.70. The normalized spacial score (nSPS) is 19.2. The van der Waals surface area contributed by atoms with Crippen LogP contribution >= 0.6 is 15.9 Å². The maximum atomic E-state index is 13.7. The summed E-state index contributed by atoms with van der Waals surface area (Å²) in [5.74, 6) is -1.76. The highest BCUT2D eigenvalue weighted by molar-refractivity contribution is 9.10. The molecule has 0 spiro atoms. The molecular formula is C12H11BrFNO3. The van der Waals surface area contributed by atoms with Crippen LogP contribution in [0.4, 0.5) is 10.1 Å². The molecule has 1 saturated heterocycles. The predicted octanol–water partition coefficient (Wildman–Crippen LogP) is 2.11. The van der Waals surface area contributed by atoms with E-state index in [1.165, 1.54) is 18.1 Å². The van der Waals surface area contributed by atoms with E-state index in [2.05, 4.69) is 20.7 Å². The van der Waals surface area contributed by atoms with Crippen molar-refractivity contribution in [2.24, 2.45) is 5.92 Å². The molecule has 1 unspecified atom stereocenters. The second-order valence-electron chi connectivity index (χ2n) is 4.00. The van der Waals surface area contributed by atoms with E-state index in [0.717, 1.165) is 0 Å². The van der Waals surface area contributed by atoms with Crippen LogP contribution < -0.4 is 4.90 Å². The number of methoxy groups -OCH3 is 1. The summed E-state index contributed by atoms with van der Waals surface area (Å²) in [6.45, 7) is 0.144. The van der Waals surface area contributed by atoms with Crippen molar-refractivity contribution in [1.82, 2.24) is 0 Å². The molecular weight excluding hydrogens is 305 g/mol. The molecule has 1 aromatic carbocycles. The zero-order valence-corrected chi connectivity index (χ0v) is 11.2.